The fourth-order valence-corrected chi connectivity index (χ4v) is 4.11. The van der Waals surface area contributed by atoms with Gasteiger partial charge in [0.2, 0.25) is 11.6 Å². The van der Waals surface area contributed by atoms with Gasteiger partial charge in [-0.3, -0.25) is 0 Å². The molecule has 3 aromatic carbocycles. The molecular weight excluding hydrogens is 470 g/mol. The Morgan fingerprint density at radius 3 is 2.26 bits per heavy atom. The number of hydrogen-bond acceptors (Lipinski definition) is 7. The monoisotopic (exact) mass is 489 g/mol. The van der Waals surface area contributed by atoms with E-state index in [4.69, 9.17) is 35.3 Å². The predicted octanol–water partition coefficient (Wildman–Crippen LogP) is 5.51. The molecule has 176 valence electrons. The van der Waals surface area contributed by atoms with Crippen LogP contribution in [0.1, 0.15) is 16.7 Å². The first-order valence-electron chi connectivity index (χ1n) is 10.6. The lowest BCUT2D eigenvalue weighted by Gasteiger charge is -2.22. The highest BCUT2D eigenvalue weighted by atomic mass is 35.5. The molecule has 0 unspecified atom stereocenters. The smallest absolute Gasteiger partial charge is 0.364 e. The topological polar surface area (TPSA) is 75.6 Å². The molecule has 35 heavy (non-hydrogen) atoms. The number of ether oxygens (including phenoxy) is 5. The van der Waals surface area contributed by atoms with Crippen LogP contribution in [0, 0.1) is 0 Å². The van der Waals surface area contributed by atoms with E-state index in [1.165, 1.54) is 7.11 Å². The second-order valence-corrected chi connectivity index (χ2v) is 8.04. The minimum atomic E-state index is -0.563. The average Bonchev–Trinajstić information content (AvgIpc) is 3.28. The van der Waals surface area contributed by atoms with Crippen molar-refractivity contribution in [1.29, 1.82) is 0 Å². The summed E-state index contributed by atoms with van der Waals surface area (Å²) in [5.74, 6) is 2.08. The normalized spacial score (nSPS) is 16.5. The number of para-hydroxylation sites is 1. The molecule has 0 saturated carbocycles. The van der Waals surface area contributed by atoms with Gasteiger partial charge in [-0.25, -0.2) is 9.79 Å². The van der Waals surface area contributed by atoms with Gasteiger partial charge in [-0.2, -0.15) is 0 Å². The van der Waals surface area contributed by atoms with Crippen LogP contribution in [-0.2, 0) is 9.53 Å². The lowest BCUT2D eigenvalue weighted by atomic mass is 9.97. The van der Waals surface area contributed by atoms with Crippen molar-refractivity contribution in [3.8, 4) is 23.0 Å². The highest BCUT2D eigenvalue weighted by Crippen LogP contribution is 2.44. The molecule has 3 aromatic rings. The Balaban J connectivity index is 1.68. The molecule has 5 rings (SSSR count). The number of halogens is 1. The summed E-state index contributed by atoms with van der Waals surface area (Å²) in [4.78, 5) is 17.4. The van der Waals surface area contributed by atoms with Crippen LogP contribution in [0.5, 0.6) is 23.0 Å². The largest absolute Gasteiger partial charge is 0.493 e. The van der Waals surface area contributed by atoms with Crippen LogP contribution < -0.4 is 18.9 Å². The Kier molecular flexibility index (Phi) is 5.93. The van der Waals surface area contributed by atoms with Crippen LogP contribution in [0.4, 0.5) is 0 Å². The van der Waals surface area contributed by atoms with Crippen molar-refractivity contribution >= 4 is 34.8 Å². The van der Waals surface area contributed by atoms with Gasteiger partial charge >= 0.3 is 5.97 Å². The second-order valence-electron chi connectivity index (χ2n) is 7.60. The number of rotatable bonds is 5. The molecule has 7 nitrogen and oxygen atoms in total. The van der Waals surface area contributed by atoms with Gasteiger partial charge in [-0.15, -0.1) is 0 Å². The van der Waals surface area contributed by atoms with Crippen LogP contribution >= 0.6 is 11.6 Å². The van der Waals surface area contributed by atoms with Crippen molar-refractivity contribution < 1.29 is 28.5 Å². The lowest BCUT2D eigenvalue weighted by Crippen LogP contribution is -2.09. The number of hydrogen-bond donors (Lipinski definition) is 0. The lowest BCUT2D eigenvalue weighted by molar-refractivity contribution is -0.129. The van der Waals surface area contributed by atoms with Crippen molar-refractivity contribution in [2.24, 2.45) is 4.99 Å². The number of esters is 1. The van der Waals surface area contributed by atoms with Crippen LogP contribution in [-0.4, -0.2) is 33.2 Å². The quantitative estimate of drug-likeness (QED) is 0.347. The first kappa shape index (κ1) is 22.6. The molecule has 0 atom stereocenters. The first-order chi connectivity index (χ1) is 17.0. The summed E-state index contributed by atoms with van der Waals surface area (Å²) in [7, 11) is 4.62. The highest BCUT2D eigenvalue weighted by Gasteiger charge is 2.31. The average molecular weight is 490 g/mol. The number of methoxy groups -OCH3 is 3. The van der Waals surface area contributed by atoms with E-state index in [9.17, 15) is 4.79 Å². The zero-order valence-electron chi connectivity index (χ0n) is 19.1. The fourth-order valence-electron chi connectivity index (χ4n) is 3.92. The molecule has 8 heteroatoms. The third kappa shape index (κ3) is 4.11. The first-order valence-corrected chi connectivity index (χ1v) is 11.0. The Hall–Kier alpha value is -4.23. The third-order valence-corrected chi connectivity index (χ3v) is 5.78. The van der Waals surface area contributed by atoms with E-state index in [0.717, 1.165) is 0 Å². The maximum Gasteiger partial charge on any atom is 0.364 e. The molecule has 0 fully saturated rings. The van der Waals surface area contributed by atoms with Gasteiger partial charge in [0.15, 0.2) is 17.2 Å². The molecule has 0 aromatic heterocycles. The van der Waals surface area contributed by atoms with Gasteiger partial charge in [-0.05, 0) is 42.5 Å². The molecule has 2 aliphatic rings. The van der Waals surface area contributed by atoms with Crippen molar-refractivity contribution in [1.82, 2.24) is 0 Å². The fraction of sp³-hybridized carbons (Fsp3) is 0.111. The zero-order chi connectivity index (χ0) is 24.5. The van der Waals surface area contributed by atoms with E-state index in [1.54, 1.807) is 56.7 Å². The third-order valence-electron chi connectivity index (χ3n) is 5.54. The number of carbonyl (C=O) groups is 1. The zero-order valence-corrected chi connectivity index (χ0v) is 19.9. The summed E-state index contributed by atoms with van der Waals surface area (Å²) in [5.41, 5.74) is 2.72. The van der Waals surface area contributed by atoms with Gasteiger partial charge < -0.3 is 23.7 Å². The Morgan fingerprint density at radius 2 is 1.57 bits per heavy atom. The molecule has 2 heterocycles. The summed E-state index contributed by atoms with van der Waals surface area (Å²) in [5, 5.41) is 0.517. The minimum absolute atomic E-state index is 0.167. The number of aliphatic imine (C=N–C) groups is 1. The number of allylic oxidation sites excluding steroid dienone is 2. The highest BCUT2D eigenvalue weighted by molar-refractivity contribution is 6.31. The van der Waals surface area contributed by atoms with Crippen LogP contribution in [0.25, 0.3) is 11.3 Å². The molecule has 0 N–H and O–H groups in total. The van der Waals surface area contributed by atoms with Gasteiger partial charge in [-0.1, -0.05) is 35.9 Å². The van der Waals surface area contributed by atoms with Gasteiger partial charge in [0.25, 0.3) is 0 Å². The Bertz CT molecular complexity index is 1410. The summed E-state index contributed by atoms with van der Waals surface area (Å²) in [6, 6.07) is 17.9. The van der Waals surface area contributed by atoms with Crippen LogP contribution in [0.3, 0.4) is 0 Å². The molecule has 0 saturated heterocycles. The van der Waals surface area contributed by atoms with Gasteiger partial charge in [0.1, 0.15) is 11.5 Å². The van der Waals surface area contributed by atoms with E-state index < -0.39 is 5.97 Å². The molecule has 2 aliphatic heterocycles. The van der Waals surface area contributed by atoms with E-state index in [0.29, 0.717) is 56.0 Å². The van der Waals surface area contributed by atoms with E-state index in [-0.39, 0.29) is 11.6 Å². The molecular formula is C27H20ClNO6. The maximum atomic E-state index is 12.9. The summed E-state index contributed by atoms with van der Waals surface area (Å²) in [6.07, 6.45) is 1.75. The molecule has 0 radical (unpaired) electrons. The summed E-state index contributed by atoms with van der Waals surface area (Å²) < 4.78 is 28.1. The number of fused-ring (bicyclic) bond motifs is 1. The SMILES string of the molecule is COc1cc(C2=C/C(=C3/N=C(c4cccc(Cl)c4)OC3=O)c3ccccc3O2)cc(OC)c1OC. The minimum Gasteiger partial charge on any atom is -0.493 e. The molecule has 0 bridgehead atoms. The van der Waals surface area contributed by atoms with Gasteiger partial charge in [0.05, 0.1) is 21.3 Å². The number of nitrogens with zero attached hydrogens (tertiary/aromatic N) is 1. The molecule has 0 amide bonds. The van der Waals surface area contributed by atoms with Gasteiger partial charge in [0, 0.05) is 27.3 Å². The molecule has 0 aliphatic carbocycles. The second kappa shape index (κ2) is 9.19. The van der Waals surface area contributed by atoms with E-state index >= 15 is 0 Å². The number of benzene rings is 3. The number of cyclic esters (lactones) is 1. The standard InChI is InChI=1S/C27H20ClNO6/c1-31-22-12-16(13-23(32-2)25(22)33-3)21-14-19(18-9-4-5-10-20(18)34-21)24-27(30)35-26(29-24)15-7-6-8-17(28)11-15/h4-14H,1-3H3/b24-19-. The van der Waals surface area contributed by atoms with Crippen molar-refractivity contribution in [3.05, 3.63) is 94.1 Å². The Morgan fingerprint density at radius 1 is 0.829 bits per heavy atom. The van der Waals surface area contributed by atoms with Crippen LogP contribution in [0.15, 0.2) is 77.4 Å². The molecule has 0 spiro atoms. The van der Waals surface area contributed by atoms with Crippen molar-refractivity contribution in [2.45, 2.75) is 0 Å². The van der Waals surface area contributed by atoms with E-state index in [1.807, 2.05) is 24.3 Å². The summed E-state index contributed by atoms with van der Waals surface area (Å²) in [6.45, 7) is 0. The number of carbonyl (C=O) groups excluding carboxylic acids is 1. The van der Waals surface area contributed by atoms with Crippen LogP contribution in [0.2, 0.25) is 5.02 Å². The van der Waals surface area contributed by atoms with Crippen molar-refractivity contribution in [3.63, 3.8) is 0 Å². The summed E-state index contributed by atoms with van der Waals surface area (Å²) >= 11 is 6.11. The van der Waals surface area contributed by atoms with Crippen molar-refractivity contribution in [2.75, 3.05) is 21.3 Å². The Labute approximate surface area is 206 Å². The predicted molar refractivity (Wildman–Crippen MR) is 132 cm³/mol. The van der Waals surface area contributed by atoms with E-state index in [2.05, 4.69) is 4.99 Å². The maximum absolute atomic E-state index is 12.9.